The number of alkyl halides is 3. The van der Waals surface area contributed by atoms with E-state index in [0.717, 1.165) is 4.68 Å². The molecule has 0 N–H and O–H groups in total. The lowest BCUT2D eigenvalue weighted by molar-refractivity contribution is -0.142. The Balaban J connectivity index is 2.65. The molecule has 1 heterocycles. The average molecular weight is 228 g/mol. The van der Waals surface area contributed by atoms with E-state index in [1.165, 1.54) is 6.20 Å². The van der Waals surface area contributed by atoms with Gasteiger partial charge in [-0.05, 0) is 15.9 Å². The Morgan fingerprint density at radius 3 is 2.64 bits per heavy atom. The zero-order valence-corrected chi connectivity index (χ0v) is 6.78. The number of halogens is 4. The predicted octanol–water partition coefficient (Wildman–Crippen LogP) is 2.01. The van der Waals surface area contributed by atoms with E-state index in [2.05, 4.69) is 27.2 Å². The minimum absolute atomic E-state index is 0.418. The van der Waals surface area contributed by atoms with Crippen LogP contribution in [-0.2, 0) is 6.54 Å². The maximum Gasteiger partial charge on any atom is 0.408 e. The van der Waals surface area contributed by atoms with Gasteiger partial charge in [-0.3, -0.25) is 4.68 Å². The molecule has 0 unspecified atom stereocenters. The molecular weight excluding hydrogens is 225 g/mol. The summed E-state index contributed by atoms with van der Waals surface area (Å²) in [7, 11) is 0. The lowest BCUT2D eigenvalue weighted by atomic mass is 10.6. The summed E-state index contributed by atoms with van der Waals surface area (Å²) in [6.45, 7) is -1.07. The van der Waals surface area contributed by atoms with Crippen molar-refractivity contribution in [1.29, 1.82) is 0 Å². The monoisotopic (exact) mass is 227 g/mol. The van der Waals surface area contributed by atoms with Crippen LogP contribution in [0.1, 0.15) is 0 Å². The van der Waals surface area contributed by atoms with Gasteiger partial charge < -0.3 is 0 Å². The lowest BCUT2D eigenvalue weighted by Gasteiger charge is -2.04. The maximum atomic E-state index is 11.7. The Morgan fingerprint density at radius 1 is 1.64 bits per heavy atom. The highest BCUT2D eigenvalue weighted by Crippen LogP contribution is 2.17. The lowest BCUT2D eigenvalue weighted by Crippen LogP contribution is -2.17. The van der Waals surface area contributed by atoms with E-state index in [9.17, 15) is 13.2 Å². The number of nitrogens with zero attached hydrogens (tertiary/aromatic N) is 2. The fourth-order valence-electron chi connectivity index (χ4n) is 0.565. The second-order valence-corrected chi connectivity index (χ2v) is 2.76. The van der Waals surface area contributed by atoms with Gasteiger partial charge in [-0.2, -0.15) is 18.3 Å². The molecule has 0 aliphatic heterocycles. The zero-order valence-electron chi connectivity index (χ0n) is 5.19. The highest BCUT2D eigenvalue weighted by Gasteiger charge is 2.28. The van der Waals surface area contributed by atoms with Crippen LogP contribution in [0.5, 0.6) is 0 Å². The van der Waals surface area contributed by atoms with Gasteiger partial charge >= 0.3 is 6.18 Å². The topological polar surface area (TPSA) is 17.8 Å². The van der Waals surface area contributed by atoms with Crippen molar-refractivity contribution in [3.8, 4) is 0 Å². The molecule has 0 atom stereocenters. The molecule has 0 aromatic carbocycles. The standard InChI is InChI=1S/C5H3BrF3N2/c6-4-1-10-11(2-4)3-5(7,8)9/h2H,3H2. The van der Waals surface area contributed by atoms with Crippen LogP contribution in [0.2, 0.25) is 0 Å². The van der Waals surface area contributed by atoms with Gasteiger partial charge in [0.05, 0.1) is 4.47 Å². The summed E-state index contributed by atoms with van der Waals surface area (Å²) in [6, 6.07) is 0. The van der Waals surface area contributed by atoms with Gasteiger partial charge in [0.2, 0.25) is 0 Å². The molecule has 2 nitrogen and oxygen atoms in total. The second-order valence-electron chi connectivity index (χ2n) is 1.90. The summed E-state index contributed by atoms with van der Waals surface area (Å²) in [5.74, 6) is 0. The predicted molar refractivity (Wildman–Crippen MR) is 34.8 cm³/mol. The van der Waals surface area contributed by atoms with Crippen molar-refractivity contribution < 1.29 is 13.2 Å². The Morgan fingerprint density at radius 2 is 2.27 bits per heavy atom. The summed E-state index contributed by atoms with van der Waals surface area (Å²) in [6.07, 6.45) is -0.686. The molecular formula is C5H3BrF3N2. The van der Waals surface area contributed by atoms with Crippen molar-refractivity contribution in [3.63, 3.8) is 0 Å². The van der Waals surface area contributed by atoms with Crippen molar-refractivity contribution in [2.45, 2.75) is 12.7 Å². The van der Waals surface area contributed by atoms with Crippen LogP contribution in [0.3, 0.4) is 0 Å². The molecule has 0 spiro atoms. The van der Waals surface area contributed by atoms with Gasteiger partial charge in [-0.15, -0.1) is 0 Å². The Labute approximate surface area is 69.1 Å². The molecule has 1 radical (unpaired) electrons. The molecule has 1 aromatic rings. The third-order valence-corrected chi connectivity index (χ3v) is 1.27. The van der Waals surface area contributed by atoms with Crippen LogP contribution < -0.4 is 0 Å². The van der Waals surface area contributed by atoms with E-state index in [1.807, 2.05) is 0 Å². The molecule has 0 aliphatic rings. The van der Waals surface area contributed by atoms with Crippen molar-refractivity contribution in [2.75, 3.05) is 0 Å². The maximum absolute atomic E-state index is 11.7. The number of aromatic nitrogens is 2. The third-order valence-electron chi connectivity index (χ3n) is 0.889. The summed E-state index contributed by atoms with van der Waals surface area (Å²) in [4.78, 5) is 0. The van der Waals surface area contributed by atoms with Gasteiger partial charge in [0, 0.05) is 6.20 Å². The molecule has 0 fully saturated rings. The quantitative estimate of drug-likeness (QED) is 0.718. The van der Waals surface area contributed by atoms with Crippen LogP contribution in [0.4, 0.5) is 13.2 Å². The van der Waals surface area contributed by atoms with Gasteiger partial charge in [0.1, 0.15) is 12.7 Å². The molecule has 0 amide bonds. The van der Waals surface area contributed by atoms with E-state index < -0.39 is 12.7 Å². The molecule has 0 bridgehead atoms. The molecule has 0 saturated carbocycles. The second kappa shape index (κ2) is 2.84. The summed E-state index contributed by atoms with van der Waals surface area (Å²) in [5.41, 5.74) is 0. The minimum Gasteiger partial charge on any atom is -0.262 e. The summed E-state index contributed by atoms with van der Waals surface area (Å²) in [5, 5.41) is 3.33. The van der Waals surface area contributed by atoms with Crippen LogP contribution in [0.25, 0.3) is 0 Å². The normalized spacial score (nSPS) is 12.0. The number of hydrogen-bond acceptors (Lipinski definition) is 1. The molecule has 11 heavy (non-hydrogen) atoms. The molecule has 1 rings (SSSR count). The first-order valence-electron chi connectivity index (χ1n) is 2.65. The van der Waals surface area contributed by atoms with Crippen molar-refractivity contribution in [1.82, 2.24) is 9.78 Å². The molecule has 61 valence electrons. The first-order valence-corrected chi connectivity index (χ1v) is 3.44. The van der Waals surface area contributed by atoms with Gasteiger partial charge in [0.15, 0.2) is 0 Å². The largest absolute Gasteiger partial charge is 0.408 e. The molecule has 0 saturated heterocycles. The van der Waals surface area contributed by atoms with E-state index >= 15 is 0 Å². The van der Waals surface area contributed by atoms with Gasteiger partial charge in [0.25, 0.3) is 0 Å². The zero-order chi connectivity index (χ0) is 8.48. The highest BCUT2D eigenvalue weighted by molar-refractivity contribution is 9.10. The van der Waals surface area contributed by atoms with Crippen LogP contribution in [0, 0.1) is 6.20 Å². The Hall–Kier alpha value is -0.520. The number of hydrogen-bond donors (Lipinski definition) is 0. The van der Waals surface area contributed by atoms with Gasteiger partial charge in [-0.1, -0.05) is 0 Å². The minimum atomic E-state index is -4.22. The van der Waals surface area contributed by atoms with E-state index in [-0.39, 0.29) is 0 Å². The van der Waals surface area contributed by atoms with E-state index in [0.29, 0.717) is 4.47 Å². The van der Waals surface area contributed by atoms with Crippen LogP contribution >= 0.6 is 15.9 Å². The molecule has 1 aromatic heterocycles. The first-order chi connectivity index (χ1) is 4.97. The van der Waals surface area contributed by atoms with Crippen molar-refractivity contribution in [3.05, 3.63) is 16.9 Å². The van der Waals surface area contributed by atoms with Crippen molar-refractivity contribution >= 4 is 15.9 Å². The summed E-state index contributed by atoms with van der Waals surface area (Å²) >= 11 is 2.93. The van der Waals surface area contributed by atoms with E-state index in [1.54, 1.807) is 0 Å². The Kier molecular flexibility index (Phi) is 2.22. The van der Waals surface area contributed by atoms with Gasteiger partial charge in [-0.25, -0.2) is 0 Å². The smallest absolute Gasteiger partial charge is 0.262 e. The van der Waals surface area contributed by atoms with Crippen molar-refractivity contribution in [2.24, 2.45) is 0 Å². The third kappa shape index (κ3) is 2.92. The average Bonchev–Trinajstić information content (AvgIpc) is 2.10. The van der Waals surface area contributed by atoms with Crippen LogP contribution in [0.15, 0.2) is 10.7 Å². The summed E-state index contributed by atoms with van der Waals surface area (Å²) < 4.78 is 36.2. The highest BCUT2D eigenvalue weighted by atomic mass is 79.9. The molecule has 0 aliphatic carbocycles. The SMILES string of the molecule is FC(F)(F)Cn1cc(Br)[c]n1. The van der Waals surface area contributed by atoms with Crippen LogP contribution in [-0.4, -0.2) is 16.0 Å². The number of rotatable bonds is 1. The first kappa shape index (κ1) is 8.58. The fraction of sp³-hybridized carbons (Fsp3) is 0.400. The van der Waals surface area contributed by atoms with E-state index in [4.69, 9.17) is 0 Å². The Bertz CT molecular complexity index is 242. The fourth-order valence-corrected chi connectivity index (χ4v) is 0.881. The molecule has 6 heteroatoms.